The van der Waals surface area contributed by atoms with Crippen LogP contribution < -0.4 is 10.1 Å². The van der Waals surface area contributed by atoms with Gasteiger partial charge in [-0.3, -0.25) is 9.78 Å². The standard InChI is InChI=1S/C18H19N5O4/c1-11-3-4-13(7-20-11)17-14(12(2)27-23-17)10-26-16-9-21-15(8-22-16)18(25)19-5-6-24/h3-4,7-9,24H,5-6,10H2,1-2H3,(H,19,25). The van der Waals surface area contributed by atoms with Crippen LogP contribution in [0, 0.1) is 13.8 Å². The predicted octanol–water partition coefficient (Wildman–Crippen LogP) is 1.44. The van der Waals surface area contributed by atoms with Crippen LogP contribution in [-0.4, -0.2) is 44.3 Å². The van der Waals surface area contributed by atoms with Crippen molar-refractivity contribution < 1.29 is 19.2 Å². The monoisotopic (exact) mass is 369 g/mol. The van der Waals surface area contributed by atoms with Gasteiger partial charge in [0.2, 0.25) is 5.88 Å². The first-order chi connectivity index (χ1) is 13.1. The number of ether oxygens (including phenoxy) is 1. The lowest BCUT2D eigenvalue weighted by Crippen LogP contribution is -2.27. The molecule has 0 fully saturated rings. The largest absolute Gasteiger partial charge is 0.471 e. The van der Waals surface area contributed by atoms with Crippen molar-refractivity contribution in [3.8, 4) is 17.1 Å². The van der Waals surface area contributed by atoms with Gasteiger partial charge in [-0.05, 0) is 26.0 Å². The van der Waals surface area contributed by atoms with Crippen LogP contribution in [0.3, 0.4) is 0 Å². The number of hydrogen-bond acceptors (Lipinski definition) is 8. The van der Waals surface area contributed by atoms with E-state index in [-0.39, 0.29) is 31.3 Å². The minimum Gasteiger partial charge on any atom is -0.471 e. The molecule has 0 bridgehead atoms. The van der Waals surface area contributed by atoms with Crippen molar-refractivity contribution >= 4 is 5.91 Å². The van der Waals surface area contributed by atoms with E-state index in [0.29, 0.717) is 11.5 Å². The van der Waals surface area contributed by atoms with Gasteiger partial charge in [-0.15, -0.1) is 0 Å². The number of rotatable bonds is 7. The number of carbonyl (C=O) groups is 1. The lowest BCUT2D eigenvalue weighted by molar-refractivity contribution is 0.0939. The first-order valence-corrected chi connectivity index (χ1v) is 8.30. The second kappa shape index (κ2) is 8.37. The predicted molar refractivity (Wildman–Crippen MR) is 95.0 cm³/mol. The number of aryl methyl sites for hydroxylation is 2. The second-order valence-electron chi connectivity index (χ2n) is 5.76. The van der Waals surface area contributed by atoms with Gasteiger partial charge in [-0.2, -0.15) is 0 Å². The number of amides is 1. The molecule has 2 N–H and O–H groups in total. The summed E-state index contributed by atoms with van der Waals surface area (Å²) in [7, 11) is 0. The van der Waals surface area contributed by atoms with Gasteiger partial charge in [0, 0.05) is 24.0 Å². The summed E-state index contributed by atoms with van der Waals surface area (Å²) in [6, 6.07) is 3.82. The van der Waals surface area contributed by atoms with Crippen LogP contribution in [0.25, 0.3) is 11.3 Å². The molecule has 3 aromatic rings. The Kier molecular flexibility index (Phi) is 5.72. The maximum atomic E-state index is 11.7. The van der Waals surface area contributed by atoms with Gasteiger partial charge in [-0.1, -0.05) is 5.16 Å². The number of aliphatic hydroxyl groups is 1. The molecule has 0 aromatic carbocycles. The zero-order valence-corrected chi connectivity index (χ0v) is 15.0. The number of carbonyl (C=O) groups excluding carboxylic acids is 1. The molecule has 3 aromatic heterocycles. The number of nitrogens with one attached hydrogen (secondary N) is 1. The van der Waals surface area contributed by atoms with Crippen molar-refractivity contribution in [1.82, 2.24) is 25.4 Å². The molecule has 0 unspecified atom stereocenters. The Morgan fingerprint density at radius 2 is 2.04 bits per heavy atom. The van der Waals surface area contributed by atoms with Crippen molar-refractivity contribution in [3.05, 3.63) is 53.4 Å². The molecular formula is C18H19N5O4. The highest BCUT2D eigenvalue weighted by Gasteiger charge is 2.16. The summed E-state index contributed by atoms with van der Waals surface area (Å²) < 4.78 is 11.0. The first-order valence-electron chi connectivity index (χ1n) is 8.30. The SMILES string of the molecule is Cc1ccc(-c2noc(C)c2COc2cnc(C(=O)NCCO)cn2)cn1. The van der Waals surface area contributed by atoms with Crippen molar-refractivity contribution in [2.45, 2.75) is 20.5 Å². The third-order valence-electron chi connectivity index (χ3n) is 3.79. The van der Waals surface area contributed by atoms with Crippen LogP contribution in [0.15, 0.2) is 35.2 Å². The number of hydrogen-bond donors (Lipinski definition) is 2. The molecule has 0 aliphatic carbocycles. The summed E-state index contributed by atoms with van der Waals surface area (Å²) in [5, 5.41) is 15.3. The van der Waals surface area contributed by atoms with Crippen LogP contribution >= 0.6 is 0 Å². The number of nitrogens with zero attached hydrogens (tertiary/aromatic N) is 4. The van der Waals surface area contributed by atoms with Gasteiger partial charge in [0.1, 0.15) is 23.8 Å². The van der Waals surface area contributed by atoms with Gasteiger partial charge in [-0.25, -0.2) is 9.97 Å². The fourth-order valence-corrected chi connectivity index (χ4v) is 2.31. The van der Waals surface area contributed by atoms with E-state index in [1.807, 2.05) is 19.1 Å². The number of pyridine rings is 1. The van der Waals surface area contributed by atoms with Gasteiger partial charge in [0.25, 0.3) is 5.91 Å². The van der Waals surface area contributed by atoms with Crippen molar-refractivity contribution in [2.75, 3.05) is 13.2 Å². The van der Waals surface area contributed by atoms with Crippen LogP contribution in [0.5, 0.6) is 5.88 Å². The molecule has 3 rings (SSSR count). The summed E-state index contributed by atoms with van der Waals surface area (Å²) >= 11 is 0. The third kappa shape index (κ3) is 4.45. The zero-order chi connectivity index (χ0) is 19.2. The quantitative estimate of drug-likeness (QED) is 0.641. The van der Waals surface area contributed by atoms with Crippen molar-refractivity contribution in [1.29, 1.82) is 0 Å². The normalized spacial score (nSPS) is 10.6. The minimum absolute atomic E-state index is 0.142. The van der Waals surface area contributed by atoms with E-state index in [2.05, 4.69) is 25.4 Å². The van der Waals surface area contributed by atoms with Crippen LogP contribution in [0.2, 0.25) is 0 Å². The van der Waals surface area contributed by atoms with E-state index < -0.39 is 5.91 Å². The molecule has 0 aliphatic rings. The molecular weight excluding hydrogens is 350 g/mol. The Labute approximate surface area is 155 Å². The average molecular weight is 369 g/mol. The molecule has 140 valence electrons. The highest BCUT2D eigenvalue weighted by atomic mass is 16.5. The number of aromatic nitrogens is 4. The lowest BCUT2D eigenvalue weighted by atomic mass is 10.1. The van der Waals surface area contributed by atoms with Crippen molar-refractivity contribution in [3.63, 3.8) is 0 Å². The smallest absolute Gasteiger partial charge is 0.271 e. The Balaban J connectivity index is 1.69. The van der Waals surface area contributed by atoms with Gasteiger partial charge >= 0.3 is 0 Å². The fraction of sp³-hybridized carbons (Fsp3) is 0.278. The summed E-state index contributed by atoms with van der Waals surface area (Å²) in [6.07, 6.45) is 4.41. The van der Waals surface area contributed by atoms with Gasteiger partial charge in [0.05, 0.1) is 24.6 Å². The molecule has 1 amide bonds. The van der Waals surface area contributed by atoms with E-state index >= 15 is 0 Å². The average Bonchev–Trinajstić information content (AvgIpc) is 3.06. The Hall–Kier alpha value is -3.33. The van der Waals surface area contributed by atoms with Gasteiger partial charge < -0.3 is 19.7 Å². The zero-order valence-electron chi connectivity index (χ0n) is 15.0. The highest BCUT2D eigenvalue weighted by Crippen LogP contribution is 2.25. The van der Waals surface area contributed by atoms with E-state index in [9.17, 15) is 4.79 Å². The Morgan fingerprint density at radius 3 is 2.70 bits per heavy atom. The topological polar surface area (TPSA) is 123 Å². The molecule has 0 saturated heterocycles. The summed E-state index contributed by atoms with van der Waals surface area (Å²) in [6.45, 7) is 3.91. The molecule has 3 heterocycles. The maximum Gasteiger partial charge on any atom is 0.271 e. The third-order valence-corrected chi connectivity index (χ3v) is 3.79. The second-order valence-corrected chi connectivity index (χ2v) is 5.76. The Bertz CT molecular complexity index is 907. The minimum atomic E-state index is -0.410. The molecule has 9 heteroatoms. The Morgan fingerprint density at radius 1 is 1.19 bits per heavy atom. The van der Waals surface area contributed by atoms with Crippen LogP contribution in [-0.2, 0) is 6.61 Å². The van der Waals surface area contributed by atoms with Crippen LogP contribution in [0.4, 0.5) is 0 Å². The van der Waals surface area contributed by atoms with E-state index in [4.69, 9.17) is 14.4 Å². The highest BCUT2D eigenvalue weighted by molar-refractivity contribution is 5.91. The molecule has 0 radical (unpaired) electrons. The summed E-state index contributed by atoms with van der Waals surface area (Å²) in [5.74, 6) is 0.493. The summed E-state index contributed by atoms with van der Waals surface area (Å²) in [5.41, 5.74) is 3.33. The molecule has 0 saturated carbocycles. The fourth-order valence-electron chi connectivity index (χ4n) is 2.31. The van der Waals surface area contributed by atoms with Crippen molar-refractivity contribution in [2.24, 2.45) is 0 Å². The lowest BCUT2D eigenvalue weighted by Gasteiger charge is -2.07. The van der Waals surface area contributed by atoms with E-state index in [0.717, 1.165) is 16.8 Å². The molecule has 0 aliphatic heterocycles. The maximum absolute atomic E-state index is 11.7. The molecule has 0 spiro atoms. The number of aliphatic hydroxyl groups excluding tert-OH is 1. The van der Waals surface area contributed by atoms with E-state index in [1.165, 1.54) is 12.4 Å². The van der Waals surface area contributed by atoms with E-state index in [1.54, 1.807) is 13.1 Å². The summed E-state index contributed by atoms with van der Waals surface area (Å²) in [4.78, 5) is 24.1. The molecule has 9 nitrogen and oxygen atoms in total. The molecule has 0 atom stereocenters. The molecule has 27 heavy (non-hydrogen) atoms. The van der Waals surface area contributed by atoms with Gasteiger partial charge in [0.15, 0.2) is 0 Å². The first kappa shape index (κ1) is 18.5. The van der Waals surface area contributed by atoms with Crippen LogP contribution in [0.1, 0.15) is 27.5 Å².